The molecule has 3 atom stereocenters. The number of ether oxygens (including phenoxy) is 1. The Labute approximate surface area is 85.4 Å². The van der Waals surface area contributed by atoms with E-state index in [-0.39, 0.29) is 18.1 Å². The molecule has 82 valence electrons. The number of hydrogen-bond donors (Lipinski definition) is 1. The summed E-state index contributed by atoms with van der Waals surface area (Å²) in [4.78, 5) is 13.5. The highest BCUT2D eigenvalue weighted by atomic mass is 16.5. The highest BCUT2D eigenvalue weighted by molar-refractivity contribution is 5.81. The summed E-state index contributed by atoms with van der Waals surface area (Å²) >= 11 is 0. The first kappa shape index (κ1) is 11.5. The van der Waals surface area contributed by atoms with Gasteiger partial charge in [0.05, 0.1) is 18.2 Å². The van der Waals surface area contributed by atoms with Crippen molar-refractivity contribution in [1.82, 2.24) is 4.90 Å². The second kappa shape index (κ2) is 4.75. The number of rotatable bonds is 2. The summed E-state index contributed by atoms with van der Waals surface area (Å²) in [6, 6.07) is -0.405. The standard InChI is InChI=1S/C10H20N2O2/c1-4-9-6-12(5-7(2)14-9)10(13)8(3)11/h7-9H,4-6,11H2,1-3H3/t7?,8-,9?/m0/s1. The first-order valence-electron chi connectivity index (χ1n) is 5.24. The summed E-state index contributed by atoms with van der Waals surface area (Å²) < 4.78 is 5.66. The first-order chi connectivity index (χ1) is 6.54. The molecule has 0 aromatic heterocycles. The zero-order chi connectivity index (χ0) is 10.7. The third kappa shape index (κ3) is 2.69. The number of amides is 1. The summed E-state index contributed by atoms with van der Waals surface area (Å²) in [7, 11) is 0. The van der Waals surface area contributed by atoms with Crippen molar-refractivity contribution in [1.29, 1.82) is 0 Å². The molecule has 1 aliphatic heterocycles. The van der Waals surface area contributed by atoms with Crippen LogP contribution in [0.25, 0.3) is 0 Å². The number of nitrogens with zero attached hydrogens (tertiary/aromatic N) is 1. The molecule has 2 unspecified atom stereocenters. The molecule has 1 rings (SSSR count). The van der Waals surface area contributed by atoms with Gasteiger partial charge in [-0.05, 0) is 20.3 Å². The van der Waals surface area contributed by atoms with Crippen LogP contribution in [-0.4, -0.2) is 42.1 Å². The van der Waals surface area contributed by atoms with E-state index >= 15 is 0 Å². The molecule has 0 saturated carbocycles. The smallest absolute Gasteiger partial charge is 0.239 e. The van der Waals surface area contributed by atoms with E-state index in [9.17, 15) is 4.79 Å². The Balaban J connectivity index is 2.57. The van der Waals surface area contributed by atoms with Gasteiger partial charge in [-0.2, -0.15) is 0 Å². The first-order valence-corrected chi connectivity index (χ1v) is 5.24. The summed E-state index contributed by atoms with van der Waals surface area (Å²) in [6.07, 6.45) is 1.23. The molecule has 1 fully saturated rings. The molecule has 0 aromatic rings. The van der Waals surface area contributed by atoms with Crippen LogP contribution >= 0.6 is 0 Å². The Morgan fingerprint density at radius 2 is 2.29 bits per heavy atom. The molecule has 1 amide bonds. The molecule has 0 spiro atoms. The predicted molar refractivity (Wildman–Crippen MR) is 54.9 cm³/mol. The maximum absolute atomic E-state index is 11.7. The molecule has 0 radical (unpaired) electrons. The monoisotopic (exact) mass is 200 g/mol. The van der Waals surface area contributed by atoms with E-state index in [0.717, 1.165) is 6.42 Å². The molecular formula is C10H20N2O2. The van der Waals surface area contributed by atoms with Crippen LogP contribution < -0.4 is 5.73 Å². The van der Waals surface area contributed by atoms with Gasteiger partial charge in [-0.1, -0.05) is 6.92 Å². The van der Waals surface area contributed by atoms with Gasteiger partial charge in [0, 0.05) is 13.1 Å². The Bertz CT molecular complexity index is 206. The van der Waals surface area contributed by atoms with Crippen molar-refractivity contribution in [3.05, 3.63) is 0 Å². The number of nitrogens with two attached hydrogens (primary N) is 1. The fourth-order valence-electron chi connectivity index (χ4n) is 1.74. The molecule has 1 saturated heterocycles. The van der Waals surface area contributed by atoms with Crippen LogP contribution in [0.3, 0.4) is 0 Å². The summed E-state index contributed by atoms with van der Waals surface area (Å²) in [6.45, 7) is 7.13. The average molecular weight is 200 g/mol. The van der Waals surface area contributed by atoms with Crippen molar-refractivity contribution in [3.63, 3.8) is 0 Å². The third-order valence-corrected chi connectivity index (χ3v) is 2.48. The van der Waals surface area contributed by atoms with E-state index in [1.54, 1.807) is 6.92 Å². The van der Waals surface area contributed by atoms with Crippen LogP contribution in [0.4, 0.5) is 0 Å². The molecule has 0 bridgehead atoms. The Hall–Kier alpha value is -0.610. The molecule has 2 N–H and O–H groups in total. The van der Waals surface area contributed by atoms with Crippen LogP contribution in [0.15, 0.2) is 0 Å². The largest absolute Gasteiger partial charge is 0.372 e. The average Bonchev–Trinajstić information content (AvgIpc) is 2.15. The molecule has 1 heterocycles. The van der Waals surface area contributed by atoms with Gasteiger partial charge in [-0.25, -0.2) is 0 Å². The van der Waals surface area contributed by atoms with Gasteiger partial charge >= 0.3 is 0 Å². The molecule has 4 heteroatoms. The summed E-state index contributed by atoms with van der Waals surface area (Å²) in [5.74, 6) is 0.0265. The van der Waals surface area contributed by atoms with Crippen molar-refractivity contribution >= 4 is 5.91 Å². The minimum Gasteiger partial charge on any atom is -0.372 e. The topological polar surface area (TPSA) is 55.6 Å². The fourth-order valence-corrected chi connectivity index (χ4v) is 1.74. The number of morpholine rings is 1. The highest BCUT2D eigenvalue weighted by Gasteiger charge is 2.28. The van der Waals surface area contributed by atoms with Crippen molar-refractivity contribution in [2.24, 2.45) is 5.73 Å². The minimum absolute atomic E-state index is 0.0265. The maximum atomic E-state index is 11.7. The number of carbonyl (C=O) groups excluding carboxylic acids is 1. The van der Waals surface area contributed by atoms with Crippen LogP contribution in [-0.2, 0) is 9.53 Å². The van der Waals surface area contributed by atoms with Gasteiger partial charge < -0.3 is 15.4 Å². The van der Waals surface area contributed by atoms with Crippen molar-refractivity contribution in [2.75, 3.05) is 13.1 Å². The van der Waals surface area contributed by atoms with Gasteiger partial charge in [0.2, 0.25) is 5.91 Å². The van der Waals surface area contributed by atoms with Crippen LogP contribution in [0, 0.1) is 0 Å². The zero-order valence-corrected chi connectivity index (χ0v) is 9.19. The van der Waals surface area contributed by atoms with Crippen LogP contribution in [0.2, 0.25) is 0 Å². The SMILES string of the molecule is CCC1CN(C(=O)[C@H](C)N)CC(C)O1. The quantitative estimate of drug-likeness (QED) is 0.700. The molecule has 0 aromatic carbocycles. The zero-order valence-electron chi connectivity index (χ0n) is 9.19. The van der Waals surface area contributed by atoms with Gasteiger partial charge in [0.15, 0.2) is 0 Å². The third-order valence-electron chi connectivity index (χ3n) is 2.48. The minimum atomic E-state index is -0.405. The fraction of sp³-hybridized carbons (Fsp3) is 0.900. The van der Waals surface area contributed by atoms with Crippen LogP contribution in [0.1, 0.15) is 27.2 Å². The van der Waals surface area contributed by atoms with E-state index in [1.165, 1.54) is 0 Å². The Morgan fingerprint density at radius 1 is 1.64 bits per heavy atom. The van der Waals surface area contributed by atoms with E-state index in [1.807, 2.05) is 11.8 Å². The van der Waals surface area contributed by atoms with Crippen LogP contribution in [0.5, 0.6) is 0 Å². The number of carbonyl (C=O) groups is 1. The molecule has 0 aliphatic carbocycles. The lowest BCUT2D eigenvalue weighted by Gasteiger charge is -2.37. The van der Waals surface area contributed by atoms with E-state index in [4.69, 9.17) is 10.5 Å². The number of hydrogen-bond acceptors (Lipinski definition) is 3. The Kier molecular flexibility index (Phi) is 3.89. The van der Waals surface area contributed by atoms with E-state index in [2.05, 4.69) is 6.92 Å². The molecular weight excluding hydrogens is 180 g/mol. The van der Waals surface area contributed by atoms with Crippen molar-refractivity contribution in [2.45, 2.75) is 45.4 Å². The lowest BCUT2D eigenvalue weighted by molar-refractivity contribution is -0.145. The second-order valence-corrected chi connectivity index (χ2v) is 4.01. The van der Waals surface area contributed by atoms with Gasteiger partial charge in [0.1, 0.15) is 0 Å². The summed E-state index contributed by atoms with van der Waals surface area (Å²) in [5.41, 5.74) is 5.57. The van der Waals surface area contributed by atoms with Gasteiger partial charge in [0.25, 0.3) is 0 Å². The molecule has 1 aliphatic rings. The van der Waals surface area contributed by atoms with E-state index in [0.29, 0.717) is 13.1 Å². The highest BCUT2D eigenvalue weighted by Crippen LogP contribution is 2.13. The maximum Gasteiger partial charge on any atom is 0.239 e. The normalized spacial score (nSPS) is 30.1. The second-order valence-electron chi connectivity index (χ2n) is 4.01. The van der Waals surface area contributed by atoms with Gasteiger partial charge in [-0.15, -0.1) is 0 Å². The molecule has 14 heavy (non-hydrogen) atoms. The van der Waals surface area contributed by atoms with Gasteiger partial charge in [-0.3, -0.25) is 4.79 Å². The lowest BCUT2D eigenvalue weighted by atomic mass is 10.1. The van der Waals surface area contributed by atoms with Crippen molar-refractivity contribution < 1.29 is 9.53 Å². The Morgan fingerprint density at radius 3 is 2.79 bits per heavy atom. The summed E-state index contributed by atoms with van der Waals surface area (Å²) in [5, 5.41) is 0. The molecule has 4 nitrogen and oxygen atoms in total. The predicted octanol–water partition coefficient (Wildman–Crippen LogP) is 0.360. The van der Waals surface area contributed by atoms with E-state index < -0.39 is 6.04 Å². The lowest BCUT2D eigenvalue weighted by Crippen LogP contribution is -2.52. The van der Waals surface area contributed by atoms with Crippen molar-refractivity contribution in [3.8, 4) is 0 Å².